The van der Waals surface area contributed by atoms with Crippen molar-refractivity contribution in [3.05, 3.63) is 0 Å². The molecule has 0 aliphatic carbocycles. The molecule has 4 heteroatoms. The average Bonchev–Trinajstić information content (AvgIpc) is 2.85. The minimum Gasteiger partial charge on any atom is -0.396 e. The summed E-state index contributed by atoms with van der Waals surface area (Å²) in [6.45, 7) is 5.42. The molecule has 0 bridgehead atoms. The second kappa shape index (κ2) is 6.21. The maximum Gasteiger partial charge on any atom is 0.249 e. The van der Waals surface area contributed by atoms with Gasteiger partial charge in [-0.2, -0.15) is 0 Å². The van der Waals surface area contributed by atoms with Crippen LogP contribution >= 0.6 is 0 Å². The highest BCUT2D eigenvalue weighted by atomic mass is 16.5. The van der Waals surface area contributed by atoms with Crippen LogP contribution in [0.5, 0.6) is 0 Å². The first-order valence-corrected chi connectivity index (χ1v) is 6.17. The van der Waals surface area contributed by atoms with E-state index in [-0.39, 0.29) is 24.0 Å². The van der Waals surface area contributed by atoms with Crippen LogP contribution < -0.4 is 5.32 Å². The predicted octanol–water partition coefficient (Wildman–Crippen LogP) is 1.08. The Morgan fingerprint density at radius 1 is 1.50 bits per heavy atom. The number of aliphatic hydroxyl groups is 1. The largest absolute Gasteiger partial charge is 0.396 e. The van der Waals surface area contributed by atoms with E-state index in [1.165, 1.54) is 0 Å². The first kappa shape index (κ1) is 13.5. The Labute approximate surface area is 97.4 Å². The van der Waals surface area contributed by atoms with Gasteiger partial charge in [-0.05, 0) is 25.7 Å². The van der Waals surface area contributed by atoms with Gasteiger partial charge in [0.25, 0.3) is 0 Å². The van der Waals surface area contributed by atoms with Gasteiger partial charge in [-0.3, -0.25) is 4.79 Å². The van der Waals surface area contributed by atoms with Crippen LogP contribution in [0, 0.1) is 5.41 Å². The van der Waals surface area contributed by atoms with Gasteiger partial charge in [0.15, 0.2) is 0 Å². The molecule has 1 rings (SSSR count). The highest BCUT2D eigenvalue weighted by Gasteiger charge is 2.29. The number of amides is 1. The molecule has 0 aromatic carbocycles. The zero-order valence-electron chi connectivity index (χ0n) is 10.3. The van der Waals surface area contributed by atoms with E-state index in [1.807, 2.05) is 13.8 Å². The summed E-state index contributed by atoms with van der Waals surface area (Å²) in [7, 11) is 0. The fourth-order valence-electron chi connectivity index (χ4n) is 1.95. The van der Waals surface area contributed by atoms with Crippen LogP contribution in [0.25, 0.3) is 0 Å². The van der Waals surface area contributed by atoms with E-state index in [0.717, 1.165) is 25.7 Å². The maximum atomic E-state index is 11.7. The van der Waals surface area contributed by atoms with Crippen LogP contribution in [-0.4, -0.2) is 36.9 Å². The second-order valence-electron chi connectivity index (χ2n) is 4.58. The summed E-state index contributed by atoms with van der Waals surface area (Å²) in [5.41, 5.74) is -0.172. The lowest BCUT2D eigenvalue weighted by molar-refractivity contribution is -0.130. The van der Waals surface area contributed by atoms with Crippen LogP contribution in [0.1, 0.15) is 39.5 Å². The lowest BCUT2D eigenvalue weighted by atomic mass is 9.83. The summed E-state index contributed by atoms with van der Waals surface area (Å²) < 4.78 is 5.31. The SMILES string of the molecule is CCC(CC)(CO)CNC(=O)[C@@H]1CCCO1. The molecule has 4 nitrogen and oxygen atoms in total. The topological polar surface area (TPSA) is 58.6 Å². The molecule has 1 saturated heterocycles. The molecule has 0 spiro atoms. The third kappa shape index (κ3) is 3.19. The number of hydrogen-bond donors (Lipinski definition) is 2. The van der Waals surface area contributed by atoms with Crippen molar-refractivity contribution >= 4 is 5.91 Å². The molecule has 1 aliphatic heterocycles. The average molecular weight is 229 g/mol. The molecule has 1 aliphatic rings. The van der Waals surface area contributed by atoms with E-state index in [0.29, 0.717) is 13.2 Å². The number of hydrogen-bond acceptors (Lipinski definition) is 3. The lowest BCUT2D eigenvalue weighted by Gasteiger charge is -2.29. The van der Waals surface area contributed by atoms with Crippen molar-refractivity contribution in [2.24, 2.45) is 5.41 Å². The fraction of sp³-hybridized carbons (Fsp3) is 0.917. The van der Waals surface area contributed by atoms with Crippen LogP contribution in [0.4, 0.5) is 0 Å². The van der Waals surface area contributed by atoms with Crippen molar-refractivity contribution in [1.82, 2.24) is 5.32 Å². The Hall–Kier alpha value is -0.610. The highest BCUT2D eigenvalue weighted by Crippen LogP contribution is 2.24. The van der Waals surface area contributed by atoms with Crippen LogP contribution in [0.15, 0.2) is 0 Å². The molecule has 1 heterocycles. The molecule has 1 amide bonds. The smallest absolute Gasteiger partial charge is 0.249 e. The van der Waals surface area contributed by atoms with Crippen LogP contribution in [0.3, 0.4) is 0 Å². The van der Waals surface area contributed by atoms with Crippen molar-refractivity contribution in [3.8, 4) is 0 Å². The Morgan fingerprint density at radius 2 is 2.19 bits per heavy atom. The molecule has 0 aromatic rings. The summed E-state index contributed by atoms with van der Waals surface area (Å²) >= 11 is 0. The molecule has 1 atom stereocenters. The van der Waals surface area contributed by atoms with Gasteiger partial charge < -0.3 is 15.2 Å². The van der Waals surface area contributed by atoms with E-state index >= 15 is 0 Å². The maximum absolute atomic E-state index is 11.7. The first-order valence-electron chi connectivity index (χ1n) is 6.17. The molecular weight excluding hydrogens is 206 g/mol. The fourth-order valence-corrected chi connectivity index (χ4v) is 1.95. The summed E-state index contributed by atoms with van der Waals surface area (Å²) in [6, 6.07) is 0. The van der Waals surface area contributed by atoms with Crippen molar-refractivity contribution < 1.29 is 14.6 Å². The van der Waals surface area contributed by atoms with Crippen molar-refractivity contribution in [2.75, 3.05) is 19.8 Å². The molecular formula is C12H23NO3. The monoisotopic (exact) mass is 229 g/mol. The minimum atomic E-state index is -0.273. The first-order chi connectivity index (χ1) is 7.67. The van der Waals surface area contributed by atoms with E-state index in [1.54, 1.807) is 0 Å². The van der Waals surface area contributed by atoms with E-state index in [4.69, 9.17) is 4.74 Å². The highest BCUT2D eigenvalue weighted by molar-refractivity contribution is 5.80. The van der Waals surface area contributed by atoms with Gasteiger partial charge in [-0.15, -0.1) is 0 Å². The summed E-state index contributed by atoms with van der Waals surface area (Å²) in [5.74, 6) is -0.0303. The molecule has 16 heavy (non-hydrogen) atoms. The van der Waals surface area contributed by atoms with Gasteiger partial charge in [-0.1, -0.05) is 13.8 Å². The zero-order valence-corrected chi connectivity index (χ0v) is 10.3. The Kier molecular flexibility index (Phi) is 5.22. The third-order valence-corrected chi connectivity index (χ3v) is 3.70. The van der Waals surface area contributed by atoms with Crippen molar-refractivity contribution in [3.63, 3.8) is 0 Å². The van der Waals surface area contributed by atoms with Gasteiger partial charge in [0, 0.05) is 18.6 Å². The molecule has 1 fully saturated rings. The Bertz CT molecular complexity index is 212. The quantitative estimate of drug-likeness (QED) is 0.716. The summed E-state index contributed by atoms with van der Waals surface area (Å²) in [5, 5.41) is 12.3. The number of carbonyl (C=O) groups excluding carboxylic acids is 1. The second-order valence-corrected chi connectivity index (χ2v) is 4.58. The van der Waals surface area contributed by atoms with Crippen LogP contribution in [0.2, 0.25) is 0 Å². The number of nitrogens with one attached hydrogen (secondary N) is 1. The van der Waals surface area contributed by atoms with Gasteiger partial charge >= 0.3 is 0 Å². The third-order valence-electron chi connectivity index (χ3n) is 3.70. The number of rotatable bonds is 6. The van der Waals surface area contributed by atoms with Gasteiger partial charge in [0.05, 0.1) is 6.61 Å². The van der Waals surface area contributed by atoms with E-state index < -0.39 is 0 Å². The van der Waals surface area contributed by atoms with Crippen LogP contribution in [-0.2, 0) is 9.53 Å². The van der Waals surface area contributed by atoms with E-state index in [2.05, 4.69) is 5.32 Å². The normalized spacial score (nSPS) is 21.1. The summed E-state index contributed by atoms with van der Waals surface area (Å²) in [6.07, 6.45) is 3.24. The Morgan fingerprint density at radius 3 is 2.62 bits per heavy atom. The molecule has 0 aromatic heterocycles. The molecule has 0 saturated carbocycles. The predicted molar refractivity (Wildman–Crippen MR) is 62.1 cm³/mol. The number of ether oxygens (including phenoxy) is 1. The Balaban J connectivity index is 2.39. The lowest BCUT2D eigenvalue weighted by Crippen LogP contribution is -2.43. The molecule has 94 valence electrons. The molecule has 2 N–H and O–H groups in total. The van der Waals surface area contributed by atoms with Gasteiger partial charge in [-0.25, -0.2) is 0 Å². The number of aliphatic hydroxyl groups excluding tert-OH is 1. The van der Waals surface area contributed by atoms with Gasteiger partial charge in [0.2, 0.25) is 5.91 Å². The number of carbonyl (C=O) groups is 1. The standard InChI is InChI=1S/C12H23NO3/c1-3-12(4-2,9-14)8-13-11(15)10-6-5-7-16-10/h10,14H,3-9H2,1-2H3,(H,13,15)/t10-/m0/s1. The van der Waals surface area contributed by atoms with Gasteiger partial charge in [0.1, 0.15) is 6.10 Å². The zero-order chi connectivity index (χ0) is 12.0. The molecule has 0 unspecified atom stereocenters. The summed E-state index contributed by atoms with van der Waals surface area (Å²) in [4.78, 5) is 11.7. The minimum absolute atomic E-state index is 0.0303. The van der Waals surface area contributed by atoms with E-state index in [9.17, 15) is 9.90 Å². The molecule has 0 radical (unpaired) electrons. The van der Waals surface area contributed by atoms with Crippen molar-refractivity contribution in [2.45, 2.75) is 45.6 Å². The van der Waals surface area contributed by atoms with Crippen molar-refractivity contribution in [1.29, 1.82) is 0 Å².